The highest BCUT2D eigenvalue weighted by Crippen LogP contribution is 2.20. The van der Waals surface area contributed by atoms with Gasteiger partial charge in [-0.1, -0.05) is 35.9 Å². The average molecular weight is 395 g/mol. The topological polar surface area (TPSA) is 55.6 Å². The molecule has 0 aliphatic carbocycles. The molecule has 1 heterocycles. The lowest BCUT2D eigenvalue weighted by molar-refractivity contribution is -0.129. The Labute approximate surface area is 165 Å². The molecule has 140 valence electrons. The van der Waals surface area contributed by atoms with E-state index in [0.29, 0.717) is 30.5 Å². The van der Waals surface area contributed by atoms with E-state index in [9.17, 15) is 4.79 Å². The van der Waals surface area contributed by atoms with Gasteiger partial charge in [0.15, 0.2) is 0 Å². The number of benzene rings is 2. The van der Waals surface area contributed by atoms with Crippen LogP contribution in [0.5, 0.6) is 5.75 Å². The molecule has 3 rings (SSSR count). The fraction of sp³-hybridized carbons (Fsp3) is 0.350. The van der Waals surface area contributed by atoms with E-state index >= 15 is 0 Å². The van der Waals surface area contributed by atoms with Crippen molar-refractivity contribution in [3.8, 4) is 5.75 Å². The Morgan fingerprint density at radius 3 is 2.69 bits per heavy atom. The van der Waals surface area contributed by atoms with Crippen molar-refractivity contribution in [1.82, 2.24) is 4.90 Å². The minimum absolute atomic E-state index is 0. The lowest BCUT2D eigenvalue weighted by Crippen LogP contribution is -2.31. The highest BCUT2D eigenvalue weighted by molar-refractivity contribution is 6.30. The van der Waals surface area contributed by atoms with Crippen LogP contribution in [-0.2, 0) is 17.8 Å². The molecule has 1 aliphatic heterocycles. The van der Waals surface area contributed by atoms with Gasteiger partial charge in [0.2, 0.25) is 5.91 Å². The van der Waals surface area contributed by atoms with Crippen LogP contribution in [0.15, 0.2) is 48.5 Å². The number of ether oxygens (including phenoxy) is 1. The molecule has 2 N–H and O–H groups in total. The van der Waals surface area contributed by atoms with Gasteiger partial charge in [0.05, 0.1) is 6.42 Å². The molecule has 1 atom stereocenters. The highest BCUT2D eigenvalue weighted by Gasteiger charge is 2.25. The van der Waals surface area contributed by atoms with Crippen LogP contribution in [0.25, 0.3) is 0 Å². The molecule has 2 aromatic carbocycles. The maximum Gasteiger partial charge on any atom is 0.227 e. The van der Waals surface area contributed by atoms with Gasteiger partial charge in [0.25, 0.3) is 0 Å². The number of carbonyl (C=O) groups excluding carboxylic acids is 1. The fourth-order valence-corrected chi connectivity index (χ4v) is 3.29. The van der Waals surface area contributed by atoms with Crippen LogP contribution in [0, 0.1) is 5.92 Å². The minimum Gasteiger partial charge on any atom is -0.489 e. The lowest BCUT2D eigenvalue weighted by atomic mass is 10.1. The Balaban J connectivity index is 0.00000243. The van der Waals surface area contributed by atoms with Gasteiger partial charge >= 0.3 is 0 Å². The van der Waals surface area contributed by atoms with E-state index in [1.54, 1.807) is 0 Å². The van der Waals surface area contributed by atoms with E-state index in [1.807, 2.05) is 53.4 Å². The number of carbonyl (C=O) groups is 1. The molecule has 1 fully saturated rings. The van der Waals surface area contributed by atoms with Crippen molar-refractivity contribution < 1.29 is 9.53 Å². The van der Waals surface area contributed by atoms with E-state index in [2.05, 4.69) is 0 Å². The van der Waals surface area contributed by atoms with E-state index < -0.39 is 0 Å². The van der Waals surface area contributed by atoms with Crippen molar-refractivity contribution in [3.63, 3.8) is 0 Å². The van der Waals surface area contributed by atoms with Gasteiger partial charge in [-0.05, 0) is 54.3 Å². The van der Waals surface area contributed by atoms with Crippen molar-refractivity contribution in [1.29, 1.82) is 0 Å². The predicted molar refractivity (Wildman–Crippen MR) is 107 cm³/mol. The van der Waals surface area contributed by atoms with Gasteiger partial charge in [-0.3, -0.25) is 4.79 Å². The SMILES string of the molecule is Cl.NCC1CCN(C(=O)Cc2cccc(OCc3cccc(Cl)c3)c2)C1. The first-order valence-corrected chi connectivity index (χ1v) is 8.96. The summed E-state index contributed by atoms with van der Waals surface area (Å²) in [6.07, 6.45) is 1.40. The number of rotatable bonds is 6. The van der Waals surface area contributed by atoms with Crippen LogP contribution in [0.4, 0.5) is 0 Å². The molecule has 26 heavy (non-hydrogen) atoms. The molecule has 1 unspecified atom stereocenters. The summed E-state index contributed by atoms with van der Waals surface area (Å²) >= 11 is 5.99. The van der Waals surface area contributed by atoms with Gasteiger partial charge in [-0.15, -0.1) is 12.4 Å². The van der Waals surface area contributed by atoms with Gasteiger partial charge in [-0.25, -0.2) is 0 Å². The Morgan fingerprint density at radius 2 is 1.96 bits per heavy atom. The van der Waals surface area contributed by atoms with Gasteiger partial charge in [0.1, 0.15) is 12.4 Å². The summed E-state index contributed by atoms with van der Waals surface area (Å²) < 4.78 is 5.83. The molecule has 1 aliphatic rings. The van der Waals surface area contributed by atoms with Crippen molar-refractivity contribution in [2.24, 2.45) is 11.7 Å². The quantitative estimate of drug-likeness (QED) is 0.812. The molecule has 0 spiro atoms. The minimum atomic E-state index is 0. The number of nitrogens with zero attached hydrogens (tertiary/aromatic N) is 1. The zero-order chi connectivity index (χ0) is 17.6. The summed E-state index contributed by atoms with van der Waals surface area (Å²) in [4.78, 5) is 14.3. The third-order valence-corrected chi connectivity index (χ3v) is 4.76. The number of nitrogens with two attached hydrogens (primary N) is 1. The molecule has 2 aromatic rings. The summed E-state index contributed by atoms with van der Waals surface area (Å²) in [5, 5.41) is 0.696. The molecular weight excluding hydrogens is 371 g/mol. The van der Waals surface area contributed by atoms with Crippen LogP contribution < -0.4 is 10.5 Å². The molecule has 1 amide bonds. The van der Waals surface area contributed by atoms with Crippen molar-refractivity contribution in [3.05, 3.63) is 64.7 Å². The van der Waals surface area contributed by atoms with Crippen molar-refractivity contribution >= 4 is 29.9 Å². The van der Waals surface area contributed by atoms with E-state index in [4.69, 9.17) is 22.1 Å². The second kappa shape index (κ2) is 9.81. The number of halogens is 2. The van der Waals surface area contributed by atoms with Gasteiger partial charge in [-0.2, -0.15) is 0 Å². The maximum absolute atomic E-state index is 12.4. The Bertz CT molecular complexity index is 739. The Hall–Kier alpha value is -1.75. The second-order valence-electron chi connectivity index (χ2n) is 6.47. The standard InChI is InChI=1S/C20H23ClN2O2.ClH/c21-18-5-1-4-16(9-18)14-25-19-6-2-3-15(10-19)11-20(24)23-8-7-17(12-22)13-23;/h1-6,9-10,17H,7-8,11-14,22H2;1H. The van der Waals surface area contributed by atoms with Gasteiger partial charge in [0, 0.05) is 18.1 Å². The van der Waals surface area contributed by atoms with Crippen LogP contribution in [0.3, 0.4) is 0 Å². The zero-order valence-electron chi connectivity index (χ0n) is 14.6. The molecule has 0 aromatic heterocycles. The second-order valence-corrected chi connectivity index (χ2v) is 6.91. The number of hydrogen-bond acceptors (Lipinski definition) is 3. The molecule has 0 bridgehead atoms. The Kier molecular flexibility index (Phi) is 7.76. The predicted octanol–water partition coefficient (Wildman–Crippen LogP) is 3.69. The van der Waals surface area contributed by atoms with E-state index in [1.165, 1.54) is 0 Å². The van der Waals surface area contributed by atoms with Crippen molar-refractivity contribution in [2.45, 2.75) is 19.4 Å². The van der Waals surface area contributed by atoms with Crippen LogP contribution in [0.2, 0.25) is 5.02 Å². The zero-order valence-corrected chi connectivity index (χ0v) is 16.1. The summed E-state index contributed by atoms with van der Waals surface area (Å²) in [5.74, 6) is 1.35. The summed E-state index contributed by atoms with van der Waals surface area (Å²) in [6, 6.07) is 15.3. The monoisotopic (exact) mass is 394 g/mol. The summed E-state index contributed by atoms with van der Waals surface area (Å²) in [7, 11) is 0. The van der Waals surface area contributed by atoms with Crippen LogP contribution in [0.1, 0.15) is 17.5 Å². The smallest absolute Gasteiger partial charge is 0.227 e. The average Bonchev–Trinajstić information content (AvgIpc) is 3.10. The highest BCUT2D eigenvalue weighted by atomic mass is 35.5. The maximum atomic E-state index is 12.4. The molecule has 0 radical (unpaired) electrons. The molecule has 0 saturated carbocycles. The van der Waals surface area contributed by atoms with Gasteiger partial charge < -0.3 is 15.4 Å². The van der Waals surface area contributed by atoms with E-state index in [-0.39, 0.29) is 18.3 Å². The van der Waals surface area contributed by atoms with E-state index in [0.717, 1.165) is 36.4 Å². The molecule has 6 heteroatoms. The summed E-state index contributed by atoms with van der Waals surface area (Å²) in [6.45, 7) is 2.69. The molecule has 4 nitrogen and oxygen atoms in total. The van der Waals surface area contributed by atoms with Crippen molar-refractivity contribution in [2.75, 3.05) is 19.6 Å². The van der Waals surface area contributed by atoms with Crippen LogP contribution in [-0.4, -0.2) is 30.4 Å². The Morgan fingerprint density at radius 1 is 1.19 bits per heavy atom. The first-order valence-electron chi connectivity index (χ1n) is 8.58. The third-order valence-electron chi connectivity index (χ3n) is 4.52. The first-order chi connectivity index (χ1) is 12.1. The molecular formula is C20H24Cl2N2O2. The largest absolute Gasteiger partial charge is 0.489 e. The first kappa shape index (κ1) is 20.6. The number of hydrogen-bond donors (Lipinski definition) is 1. The molecule has 1 saturated heterocycles. The third kappa shape index (κ3) is 5.63. The summed E-state index contributed by atoms with van der Waals surface area (Å²) in [5.41, 5.74) is 7.67. The van der Waals surface area contributed by atoms with Crippen LogP contribution >= 0.6 is 24.0 Å². The normalized spacial score (nSPS) is 16.2. The number of amides is 1. The lowest BCUT2D eigenvalue weighted by Gasteiger charge is -2.16. The fourth-order valence-electron chi connectivity index (χ4n) is 3.08. The number of likely N-dealkylation sites (tertiary alicyclic amines) is 1.